The van der Waals surface area contributed by atoms with Crippen LogP contribution >= 0.6 is 0 Å². The van der Waals surface area contributed by atoms with Crippen LogP contribution in [-0.2, 0) is 22.5 Å². The fourth-order valence-corrected chi connectivity index (χ4v) is 2.80. The standard InChI is InChI=1S/C16H23NO2/c1-12-5-4-8-15(9-12)19-16(18)10-13-6-2-3-7-14(13)11-17/h2-3,6-7,12,15H,4-5,8-11,17H2,1H3. The second-order valence-electron chi connectivity index (χ2n) is 5.53. The first-order valence-electron chi connectivity index (χ1n) is 7.15. The summed E-state index contributed by atoms with van der Waals surface area (Å²) in [6.07, 6.45) is 4.88. The molecule has 2 unspecified atom stereocenters. The smallest absolute Gasteiger partial charge is 0.310 e. The van der Waals surface area contributed by atoms with Crippen LogP contribution in [0.5, 0.6) is 0 Å². The van der Waals surface area contributed by atoms with Gasteiger partial charge in [-0.1, -0.05) is 37.6 Å². The lowest BCUT2D eigenvalue weighted by atomic mass is 9.89. The molecule has 3 heteroatoms. The Morgan fingerprint density at radius 1 is 1.32 bits per heavy atom. The first kappa shape index (κ1) is 14.1. The average Bonchev–Trinajstić information content (AvgIpc) is 2.39. The number of esters is 1. The van der Waals surface area contributed by atoms with E-state index in [9.17, 15) is 4.79 Å². The van der Waals surface area contributed by atoms with E-state index >= 15 is 0 Å². The molecule has 3 nitrogen and oxygen atoms in total. The van der Waals surface area contributed by atoms with Gasteiger partial charge in [0.1, 0.15) is 6.10 Å². The molecule has 1 aliphatic rings. The Balaban J connectivity index is 1.90. The normalized spacial score (nSPS) is 23.1. The van der Waals surface area contributed by atoms with Crippen LogP contribution < -0.4 is 5.73 Å². The van der Waals surface area contributed by atoms with Gasteiger partial charge >= 0.3 is 5.97 Å². The maximum absolute atomic E-state index is 12.0. The first-order chi connectivity index (χ1) is 9.19. The molecule has 0 aliphatic heterocycles. The molecule has 2 atom stereocenters. The van der Waals surface area contributed by atoms with Gasteiger partial charge in [-0.15, -0.1) is 0 Å². The predicted octanol–water partition coefficient (Wildman–Crippen LogP) is 2.81. The van der Waals surface area contributed by atoms with E-state index in [0.717, 1.165) is 24.0 Å². The molecule has 0 aromatic heterocycles. The number of hydrogen-bond acceptors (Lipinski definition) is 3. The minimum Gasteiger partial charge on any atom is -0.462 e. The van der Waals surface area contributed by atoms with Gasteiger partial charge in [0.25, 0.3) is 0 Å². The Hall–Kier alpha value is -1.35. The molecule has 1 aliphatic carbocycles. The third-order valence-corrected chi connectivity index (χ3v) is 3.86. The molecular weight excluding hydrogens is 238 g/mol. The quantitative estimate of drug-likeness (QED) is 0.848. The van der Waals surface area contributed by atoms with Crippen molar-refractivity contribution in [2.75, 3.05) is 0 Å². The molecule has 0 saturated heterocycles. The van der Waals surface area contributed by atoms with Crippen molar-refractivity contribution in [1.29, 1.82) is 0 Å². The molecule has 1 fully saturated rings. The van der Waals surface area contributed by atoms with Crippen molar-refractivity contribution in [3.05, 3.63) is 35.4 Å². The van der Waals surface area contributed by atoms with Gasteiger partial charge in [-0.05, 0) is 36.3 Å². The molecule has 0 bridgehead atoms. The topological polar surface area (TPSA) is 52.3 Å². The summed E-state index contributed by atoms with van der Waals surface area (Å²) >= 11 is 0. The number of ether oxygens (including phenoxy) is 1. The summed E-state index contributed by atoms with van der Waals surface area (Å²) in [4.78, 5) is 12.0. The van der Waals surface area contributed by atoms with Crippen LogP contribution in [0.1, 0.15) is 43.7 Å². The Morgan fingerprint density at radius 2 is 2.05 bits per heavy atom. The molecule has 1 aromatic carbocycles. The maximum atomic E-state index is 12.0. The number of nitrogens with two attached hydrogens (primary N) is 1. The first-order valence-corrected chi connectivity index (χ1v) is 7.15. The van der Waals surface area contributed by atoms with E-state index in [1.807, 2.05) is 24.3 Å². The highest BCUT2D eigenvalue weighted by Crippen LogP contribution is 2.26. The van der Waals surface area contributed by atoms with Crippen molar-refractivity contribution in [3.8, 4) is 0 Å². The second-order valence-corrected chi connectivity index (χ2v) is 5.53. The molecular formula is C16H23NO2. The average molecular weight is 261 g/mol. The molecule has 1 aromatic rings. The molecule has 0 spiro atoms. The van der Waals surface area contributed by atoms with Crippen molar-refractivity contribution < 1.29 is 9.53 Å². The van der Waals surface area contributed by atoms with E-state index in [-0.39, 0.29) is 12.1 Å². The summed E-state index contributed by atoms with van der Waals surface area (Å²) in [5.74, 6) is 0.544. The highest BCUT2D eigenvalue weighted by Gasteiger charge is 2.22. The van der Waals surface area contributed by atoms with Crippen LogP contribution in [0, 0.1) is 5.92 Å². The van der Waals surface area contributed by atoms with E-state index in [4.69, 9.17) is 10.5 Å². The van der Waals surface area contributed by atoms with Gasteiger partial charge < -0.3 is 10.5 Å². The Labute approximate surface area is 115 Å². The molecule has 2 rings (SSSR count). The third kappa shape index (κ3) is 4.06. The SMILES string of the molecule is CC1CCCC(OC(=O)Cc2ccccc2CN)C1. The minimum atomic E-state index is -0.125. The van der Waals surface area contributed by atoms with E-state index in [2.05, 4.69) is 6.92 Å². The molecule has 0 radical (unpaired) electrons. The molecule has 0 heterocycles. The fourth-order valence-electron chi connectivity index (χ4n) is 2.80. The maximum Gasteiger partial charge on any atom is 0.310 e. The lowest BCUT2D eigenvalue weighted by molar-refractivity contribution is -0.150. The summed E-state index contributed by atoms with van der Waals surface area (Å²) in [7, 11) is 0. The summed E-state index contributed by atoms with van der Waals surface area (Å²) in [6.45, 7) is 2.69. The van der Waals surface area contributed by atoms with Crippen molar-refractivity contribution in [3.63, 3.8) is 0 Å². The lowest BCUT2D eigenvalue weighted by Crippen LogP contribution is -2.25. The van der Waals surface area contributed by atoms with Gasteiger partial charge in [0.15, 0.2) is 0 Å². The Morgan fingerprint density at radius 3 is 2.74 bits per heavy atom. The number of rotatable bonds is 4. The van der Waals surface area contributed by atoms with Crippen LogP contribution in [0.3, 0.4) is 0 Å². The van der Waals surface area contributed by atoms with E-state index in [0.29, 0.717) is 18.9 Å². The third-order valence-electron chi connectivity index (χ3n) is 3.86. The van der Waals surface area contributed by atoms with E-state index in [1.54, 1.807) is 0 Å². The number of carbonyl (C=O) groups is 1. The monoisotopic (exact) mass is 261 g/mol. The fraction of sp³-hybridized carbons (Fsp3) is 0.562. The van der Waals surface area contributed by atoms with Crippen LogP contribution in [0.4, 0.5) is 0 Å². The zero-order chi connectivity index (χ0) is 13.7. The van der Waals surface area contributed by atoms with Crippen molar-refractivity contribution >= 4 is 5.97 Å². The van der Waals surface area contributed by atoms with E-state index < -0.39 is 0 Å². The highest BCUT2D eigenvalue weighted by molar-refractivity contribution is 5.73. The van der Waals surface area contributed by atoms with Gasteiger partial charge in [0.2, 0.25) is 0 Å². The number of carbonyl (C=O) groups excluding carboxylic acids is 1. The Kier molecular flexibility index (Phi) is 4.97. The molecule has 104 valence electrons. The zero-order valence-electron chi connectivity index (χ0n) is 11.6. The van der Waals surface area contributed by atoms with Crippen LogP contribution in [0.15, 0.2) is 24.3 Å². The van der Waals surface area contributed by atoms with Crippen LogP contribution in [-0.4, -0.2) is 12.1 Å². The zero-order valence-corrected chi connectivity index (χ0v) is 11.6. The minimum absolute atomic E-state index is 0.112. The summed E-state index contributed by atoms with van der Waals surface area (Å²) in [5.41, 5.74) is 7.69. The predicted molar refractivity (Wildman–Crippen MR) is 75.5 cm³/mol. The van der Waals surface area contributed by atoms with Gasteiger partial charge in [0, 0.05) is 6.54 Å². The lowest BCUT2D eigenvalue weighted by Gasteiger charge is -2.26. The van der Waals surface area contributed by atoms with Gasteiger partial charge in [-0.2, -0.15) is 0 Å². The molecule has 1 saturated carbocycles. The summed E-state index contributed by atoms with van der Waals surface area (Å²) in [6, 6.07) is 7.79. The Bertz CT molecular complexity index is 431. The number of benzene rings is 1. The van der Waals surface area contributed by atoms with E-state index in [1.165, 1.54) is 12.8 Å². The second kappa shape index (κ2) is 6.71. The summed E-state index contributed by atoms with van der Waals surface area (Å²) < 4.78 is 5.59. The molecule has 0 amide bonds. The number of hydrogen-bond donors (Lipinski definition) is 1. The molecule has 19 heavy (non-hydrogen) atoms. The van der Waals surface area contributed by atoms with Gasteiger partial charge in [-0.3, -0.25) is 4.79 Å². The van der Waals surface area contributed by atoms with Gasteiger partial charge in [0.05, 0.1) is 6.42 Å². The van der Waals surface area contributed by atoms with Crippen molar-refractivity contribution in [1.82, 2.24) is 0 Å². The largest absolute Gasteiger partial charge is 0.462 e. The highest BCUT2D eigenvalue weighted by atomic mass is 16.5. The van der Waals surface area contributed by atoms with Crippen LogP contribution in [0.25, 0.3) is 0 Å². The summed E-state index contributed by atoms with van der Waals surface area (Å²) in [5, 5.41) is 0. The van der Waals surface area contributed by atoms with Crippen LogP contribution in [0.2, 0.25) is 0 Å². The molecule has 2 N–H and O–H groups in total. The van der Waals surface area contributed by atoms with Crippen molar-refractivity contribution in [2.45, 2.75) is 51.7 Å². The van der Waals surface area contributed by atoms with Crippen molar-refractivity contribution in [2.24, 2.45) is 11.7 Å². The van der Waals surface area contributed by atoms with Gasteiger partial charge in [-0.25, -0.2) is 0 Å².